The van der Waals surface area contributed by atoms with E-state index in [0.29, 0.717) is 17.6 Å². The van der Waals surface area contributed by atoms with Crippen molar-refractivity contribution >= 4 is 65.7 Å². The molecule has 238 valence electrons. The number of hydrogen-bond donors (Lipinski definition) is 0. The van der Waals surface area contributed by atoms with E-state index in [1.54, 1.807) is 0 Å². The van der Waals surface area contributed by atoms with E-state index in [4.69, 9.17) is 23.8 Å². The van der Waals surface area contributed by atoms with Gasteiger partial charge in [-0.15, -0.1) is 0 Å². The molecule has 0 aliphatic heterocycles. The van der Waals surface area contributed by atoms with E-state index in [1.807, 2.05) is 66.7 Å². The first-order valence-corrected chi connectivity index (χ1v) is 16.9. The number of para-hydroxylation sites is 4. The lowest BCUT2D eigenvalue weighted by Gasteiger charge is -2.11. The van der Waals surface area contributed by atoms with E-state index in [1.165, 1.54) is 0 Å². The molecule has 0 saturated carbocycles. The van der Waals surface area contributed by atoms with Gasteiger partial charge < -0.3 is 8.83 Å². The highest BCUT2D eigenvalue weighted by Gasteiger charge is 2.20. The molecule has 0 fully saturated rings. The molecule has 0 aliphatic rings. The van der Waals surface area contributed by atoms with Crippen LogP contribution in [0.4, 0.5) is 0 Å². The third kappa shape index (κ3) is 4.26. The molecule has 6 heteroatoms. The molecule has 6 nitrogen and oxygen atoms in total. The number of nitrogens with zero attached hydrogens (tertiary/aromatic N) is 4. The first-order valence-electron chi connectivity index (χ1n) is 16.9. The van der Waals surface area contributed by atoms with Gasteiger partial charge in [0.25, 0.3) is 0 Å². The largest absolute Gasteiger partial charge is 0.456 e. The van der Waals surface area contributed by atoms with Crippen LogP contribution < -0.4 is 0 Å². The minimum atomic E-state index is 0.543. The highest BCUT2D eigenvalue weighted by atomic mass is 16.3. The van der Waals surface area contributed by atoms with E-state index in [0.717, 1.165) is 87.9 Å². The maximum Gasteiger partial charge on any atom is 0.238 e. The number of hydrogen-bond acceptors (Lipinski definition) is 5. The lowest BCUT2D eigenvalue weighted by Crippen LogP contribution is -2.06. The van der Waals surface area contributed by atoms with Gasteiger partial charge >= 0.3 is 0 Å². The molecule has 11 rings (SSSR count). The smallest absolute Gasteiger partial charge is 0.238 e. The van der Waals surface area contributed by atoms with Gasteiger partial charge in [-0.3, -0.25) is 4.57 Å². The summed E-state index contributed by atoms with van der Waals surface area (Å²) in [5.74, 6) is 1.68. The Morgan fingerprint density at radius 1 is 0.373 bits per heavy atom. The fraction of sp³-hybridized carbons (Fsp3) is 0. The van der Waals surface area contributed by atoms with Gasteiger partial charge in [-0.25, -0.2) is 4.98 Å². The van der Waals surface area contributed by atoms with Gasteiger partial charge in [-0.05, 0) is 59.7 Å². The van der Waals surface area contributed by atoms with Crippen LogP contribution in [0.2, 0.25) is 0 Å². The Labute approximate surface area is 290 Å². The third-order valence-electron chi connectivity index (χ3n) is 9.89. The van der Waals surface area contributed by atoms with Crippen LogP contribution in [0.3, 0.4) is 0 Å². The van der Waals surface area contributed by atoms with E-state index in [2.05, 4.69) is 95.6 Å². The van der Waals surface area contributed by atoms with Gasteiger partial charge in [0.05, 0.1) is 16.6 Å². The molecule has 0 aliphatic carbocycles. The molecule has 4 heterocycles. The van der Waals surface area contributed by atoms with Crippen molar-refractivity contribution in [1.29, 1.82) is 0 Å². The van der Waals surface area contributed by atoms with Crippen molar-refractivity contribution in [2.24, 2.45) is 0 Å². The van der Waals surface area contributed by atoms with Gasteiger partial charge in [0.15, 0.2) is 11.6 Å². The predicted octanol–water partition coefficient (Wildman–Crippen LogP) is 11.8. The molecule has 0 amide bonds. The molecule has 0 saturated heterocycles. The fourth-order valence-electron chi connectivity index (χ4n) is 7.50. The van der Waals surface area contributed by atoms with Crippen LogP contribution in [0.1, 0.15) is 0 Å². The van der Waals surface area contributed by atoms with Gasteiger partial charge in [0.2, 0.25) is 5.95 Å². The van der Waals surface area contributed by atoms with Gasteiger partial charge in [0.1, 0.15) is 22.3 Å². The summed E-state index contributed by atoms with van der Waals surface area (Å²) in [4.78, 5) is 15.3. The normalized spacial score (nSPS) is 11.9. The molecular formula is C45H26N4O2. The van der Waals surface area contributed by atoms with Crippen molar-refractivity contribution in [3.05, 3.63) is 158 Å². The summed E-state index contributed by atoms with van der Waals surface area (Å²) >= 11 is 0. The number of aromatic nitrogens is 4. The van der Waals surface area contributed by atoms with E-state index in [9.17, 15) is 0 Å². The molecule has 0 N–H and O–H groups in total. The summed E-state index contributed by atoms with van der Waals surface area (Å²) in [7, 11) is 0. The standard InChI is InChI=1S/C45H26N4O2/c1-2-11-27(12-3-1)43-46-44(48-45(47-43)49-37-18-7-4-13-30(37)31-14-5-8-19-38(31)49)35-17-10-16-34-36-25-28(22-24-40(36)51-42(34)35)29-21-23-33-32-15-6-9-20-39(32)50-41(33)26-29/h1-26H. The maximum absolute atomic E-state index is 6.63. The minimum Gasteiger partial charge on any atom is -0.456 e. The first-order chi connectivity index (χ1) is 25.3. The molecule has 0 unspecified atom stereocenters. The van der Waals surface area contributed by atoms with Crippen LogP contribution in [0.5, 0.6) is 0 Å². The molecule has 0 spiro atoms. The van der Waals surface area contributed by atoms with Crippen molar-refractivity contribution in [3.63, 3.8) is 0 Å². The van der Waals surface area contributed by atoms with E-state index >= 15 is 0 Å². The average molecular weight is 655 g/mol. The monoisotopic (exact) mass is 654 g/mol. The number of fused-ring (bicyclic) bond motifs is 9. The zero-order chi connectivity index (χ0) is 33.5. The second kappa shape index (κ2) is 10.7. The van der Waals surface area contributed by atoms with Crippen LogP contribution >= 0.6 is 0 Å². The number of benzene rings is 7. The van der Waals surface area contributed by atoms with E-state index in [-0.39, 0.29) is 0 Å². The van der Waals surface area contributed by atoms with Gasteiger partial charge in [0, 0.05) is 37.9 Å². The van der Waals surface area contributed by atoms with Crippen molar-refractivity contribution in [2.75, 3.05) is 0 Å². The molecule has 0 atom stereocenters. The fourth-order valence-corrected chi connectivity index (χ4v) is 7.50. The summed E-state index contributed by atoms with van der Waals surface area (Å²) in [5, 5.41) is 6.54. The Morgan fingerprint density at radius 3 is 1.82 bits per heavy atom. The Hall–Kier alpha value is -7.05. The summed E-state index contributed by atoms with van der Waals surface area (Å²) in [6.07, 6.45) is 0. The Morgan fingerprint density at radius 2 is 1.00 bits per heavy atom. The Kier molecular flexibility index (Phi) is 5.86. The summed E-state index contributed by atoms with van der Waals surface area (Å²) < 4.78 is 15.0. The zero-order valence-electron chi connectivity index (χ0n) is 27.1. The third-order valence-corrected chi connectivity index (χ3v) is 9.89. The van der Waals surface area contributed by atoms with Crippen molar-refractivity contribution in [1.82, 2.24) is 19.5 Å². The first kappa shape index (κ1) is 27.9. The van der Waals surface area contributed by atoms with Crippen molar-refractivity contribution < 1.29 is 8.83 Å². The summed E-state index contributed by atoms with van der Waals surface area (Å²) in [6, 6.07) is 53.9. The molecule has 51 heavy (non-hydrogen) atoms. The maximum atomic E-state index is 6.63. The summed E-state index contributed by atoms with van der Waals surface area (Å²) in [6.45, 7) is 0. The van der Waals surface area contributed by atoms with Gasteiger partial charge in [-0.2, -0.15) is 9.97 Å². The minimum absolute atomic E-state index is 0.543. The molecule has 11 aromatic rings. The van der Waals surface area contributed by atoms with E-state index < -0.39 is 0 Å². The lowest BCUT2D eigenvalue weighted by molar-refractivity contribution is 0.669. The molecule has 0 radical (unpaired) electrons. The van der Waals surface area contributed by atoms with Crippen LogP contribution in [-0.2, 0) is 0 Å². The number of furan rings is 2. The van der Waals surface area contributed by atoms with Crippen LogP contribution in [0, 0.1) is 0 Å². The SMILES string of the molecule is c1ccc(-c2nc(-c3cccc4c3oc3ccc(-c5ccc6c(c5)oc5ccccc56)cc34)nc(-n3c4ccccc4c4ccccc43)n2)cc1. The molecular weight excluding hydrogens is 629 g/mol. The highest BCUT2D eigenvalue weighted by molar-refractivity contribution is 6.11. The Bertz CT molecular complexity index is 3100. The van der Waals surface area contributed by atoms with Crippen LogP contribution in [0.25, 0.3) is 106 Å². The second-order valence-corrected chi connectivity index (χ2v) is 12.8. The lowest BCUT2D eigenvalue weighted by atomic mass is 10.0. The zero-order valence-corrected chi connectivity index (χ0v) is 27.1. The van der Waals surface area contributed by atoms with Crippen LogP contribution in [-0.4, -0.2) is 19.5 Å². The highest BCUT2D eigenvalue weighted by Crippen LogP contribution is 2.39. The molecule has 0 bridgehead atoms. The molecule has 4 aromatic heterocycles. The quantitative estimate of drug-likeness (QED) is 0.189. The predicted molar refractivity (Wildman–Crippen MR) is 205 cm³/mol. The second-order valence-electron chi connectivity index (χ2n) is 12.8. The van der Waals surface area contributed by atoms with Crippen molar-refractivity contribution in [3.8, 4) is 39.9 Å². The van der Waals surface area contributed by atoms with Crippen LogP contribution in [0.15, 0.2) is 167 Å². The topological polar surface area (TPSA) is 69.9 Å². The van der Waals surface area contributed by atoms with Crippen molar-refractivity contribution in [2.45, 2.75) is 0 Å². The Balaban J connectivity index is 1.11. The summed E-state index contributed by atoms with van der Waals surface area (Å²) in [5.41, 5.74) is 9.23. The number of rotatable bonds is 4. The average Bonchev–Trinajstić information content (AvgIpc) is 3.87. The van der Waals surface area contributed by atoms with Gasteiger partial charge in [-0.1, -0.05) is 109 Å². The molecule has 7 aromatic carbocycles.